The third-order valence-electron chi connectivity index (χ3n) is 3.66. The lowest BCUT2D eigenvalue weighted by Crippen LogP contribution is -2.46. The zero-order valence-electron chi connectivity index (χ0n) is 12.1. The second-order valence-corrected chi connectivity index (χ2v) is 6.05. The van der Waals surface area contributed by atoms with Crippen LogP contribution in [0.5, 0.6) is 0 Å². The second-order valence-electron chi connectivity index (χ2n) is 5.10. The minimum atomic E-state index is 0.115. The van der Waals surface area contributed by atoms with E-state index < -0.39 is 0 Å². The van der Waals surface area contributed by atoms with Crippen LogP contribution >= 0.6 is 11.3 Å². The van der Waals surface area contributed by atoms with Crippen molar-refractivity contribution < 1.29 is 4.79 Å². The molecule has 1 N–H and O–H groups in total. The Bertz CT molecular complexity index is 632. The van der Waals surface area contributed by atoms with Crippen molar-refractivity contribution >= 4 is 17.2 Å². The fourth-order valence-electron chi connectivity index (χ4n) is 2.47. The first kappa shape index (κ1) is 14.2. The molecule has 2 aromatic rings. The van der Waals surface area contributed by atoms with E-state index in [1.807, 2.05) is 29.2 Å². The van der Waals surface area contributed by atoms with Crippen LogP contribution in [-0.4, -0.2) is 42.0 Å². The molecule has 1 aromatic heterocycles. The highest BCUT2D eigenvalue weighted by Gasteiger charge is 2.18. The van der Waals surface area contributed by atoms with Gasteiger partial charge in [0, 0.05) is 42.7 Å². The molecule has 1 aromatic carbocycles. The van der Waals surface area contributed by atoms with Crippen LogP contribution in [-0.2, 0) is 6.42 Å². The Morgan fingerprint density at radius 2 is 2.19 bits per heavy atom. The van der Waals surface area contributed by atoms with E-state index in [0.29, 0.717) is 0 Å². The molecule has 0 spiro atoms. The van der Waals surface area contributed by atoms with Crippen LogP contribution in [0.3, 0.4) is 0 Å². The van der Waals surface area contributed by atoms with Crippen molar-refractivity contribution in [3.8, 4) is 11.3 Å². The number of carbonyl (C=O) groups excluding carboxylic acids is 1. The molecular weight excluding hydrogens is 282 g/mol. The number of hydrogen-bond acceptors (Lipinski definition) is 4. The van der Waals surface area contributed by atoms with Crippen LogP contribution in [0.15, 0.2) is 29.6 Å². The van der Waals surface area contributed by atoms with Gasteiger partial charge in [-0.2, -0.15) is 0 Å². The fourth-order valence-corrected chi connectivity index (χ4v) is 3.22. The van der Waals surface area contributed by atoms with E-state index in [1.54, 1.807) is 11.3 Å². The molecule has 0 radical (unpaired) electrons. The lowest BCUT2D eigenvalue weighted by molar-refractivity contribution is 0.0736. The Morgan fingerprint density at radius 3 is 2.90 bits per heavy atom. The molecule has 1 amide bonds. The summed E-state index contributed by atoms with van der Waals surface area (Å²) in [6.45, 7) is 5.40. The van der Waals surface area contributed by atoms with Gasteiger partial charge < -0.3 is 10.2 Å². The first-order valence-electron chi connectivity index (χ1n) is 7.33. The Kier molecular flexibility index (Phi) is 4.31. The molecule has 0 saturated carbocycles. The van der Waals surface area contributed by atoms with E-state index in [4.69, 9.17) is 0 Å². The van der Waals surface area contributed by atoms with Crippen molar-refractivity contribution in [1.82, 2.24) is 15.2 Å². The van der Waals surface area contributed by atoms with Crippen molar-refractivity contribution in [3.63, 3.8) is 0 Å². The van der Waals surface area contributed by atoms with Gasteiger partial charge in [-0.25, -0.2) is 4.98 Å². The van der Waals surface area contributed by atoms with E-state index in [-0.39, 0.29) is 5.91 Å². The number of piperazine rings is 1. The summed E-state index contributed by atoms with van der Waals surface area (Å²) in [5, 5.41) is 6.46. The summed E-state index contributed by atoms with van der Waals surface area (Å²) in [6, 6.07) is 7.80. The highest BCUT2D eigenvalue weighted by Crippen LogP contribution is 2.23. The molecule has 110 valence electrons. The molecule has 1 aliphatic heterocycles. The lowest BCUT2D eigenvalue weighted by atomic mass is 10.1. The van der Waals surface area contributed by atoms with Gasteiger partial charge in [0.15, 0.2) is 0 Å². The van der Waals surface area contributed by atoms with Crippen molar-refractivity contribution in [2.75, 3.05) is 26.2 Å². The number of hydrogen-bond donors (Lipinski definition) is 1. The van der Waals surface area contributed by atoms with Crippen LogP contribution in [0.2, 0.25) is 0 Å². The van der Waals surface area contributed by atoms with E-state index in [9.17, 15) is 4.79 Å². The number of nitrogens with zero attached hydrogens (tertiary/aromatic N) is 2. The molecular formula is C16H19N3OS. The summed E-state index contributed by atoms with van der Waals surface area (Å²) >= 11 is 1.67. The van der Waals surface area contributed by atoms with Gasteiger partial charge in [-0.15, -0.1) is 11.3 Å². The van der Waals surface area contributed by atoms with Gasteiger partial charge in [-0.3, -0.25) is 4.79 Å². The van der Waals surface area contributed by atoms with E-state index >= 15 is 0 Å². The highest BCUT2D eigenvalue weighted by molar-refractivity contribution is 7.09. The first-order chi connectivity index (χ1) is 10.3. The number of aromatic nitrogens is 1. The summed E-state index contributed by atoms with van der Waals surface area (Å²) in [5.41, 5.74) is 2.74. The average molecular weight is 301 g/mol. The maximum Gasteiger partial charge on any atom is 0.253 e. The smallest absolute Gasteiger partial charge is 0.253 e. The normalized spacial score (nSPS) is 15.2. The number of nitrogens with one attached hydrogen (secondary N) is 1. The monoisotopic (exact) mass is 301 g/mol. The van der Waals surface area contributed by atoms with Gasteiger partial charge in [-0.05, 0) is 18.6 Å². The number of thiazole rings is 1. The molecule has 0 unspecified atom stereocenters. The topological polar surface area (TPSA) is 45.2 Å². The number of carbonyl (C=O) groups is 1. The van der Waals surface area contributed by atoms with Gasteiger partial charge >= 0.3 is 0 Å². The molecule has 1 saturated heterocycles. The minimum absolute atomic E-state index is 0.115. The highest BCUT2D eigenvalue weighted by atomic mass is 32.1. The van der Waals surface area contributed by atoms with Crippen molar-refractivity contribution in [2.45, 2.75) is 13.3 Å². The van der Waals surface area contributed by atoms with Gasteiger partial charge in [0.25, 0.3) is 5.91 Å². The lowest BCUT2D eigenvalue weighted by Gasteiger charge is -2.27. The molecule has 3 rings (SSSR count). The van der Waals surface area contributed by atoms with E-state index in [0.717, 1.165) is 54.4 Å². The fraction of sp³-hybridized carbons (Fsp3) is 0.375. The zero-order valence-corrected chi connectivity index (χ0v) is 12.9. The van der Waals surface area contributed by atoms with Crippen LogP contribution in [0.1, 0.15) is 22.3 Å². The van der Waals surface area contributed by atoms with E-state index in [2.05, 4.69) is 22.6 Å². The third-order valence-corrected chi connectivity index (χ3v) is 4.66. The van der Waals surface area contributed by atoms with E-state index in [1.165, 1.54) is 0 Å². The predicted octanol–water partition coefficient (Wildman–Crippen LogP) is 2.42. The second kappa shape index (κ2) is 6.37. The summed E-state index contributed by atoms with van der Waals surface area (Å²) < 4.78 is 0. The maximum absolute atomic E-state index is 12.5. The Balaban J connectivity index is 1.83. The SMILES string of the molecule is CCc1nc(-c2cccc(C(=O)N3CCNCC3)c2)cs1. The van der Waals surface area contributed by atoms with Crippen molar-refractivity contribution in [1.29, 1.82) is 0 Å². The molecule has 2 heterocycles. The van der Waals surface area contributed by atoms with Crippen LogP contribution in [0.4, 0.5) is 0 Å². The molecule has 1 fully saturated rings. The van der Waals surface area contributed by atoms with Crippen LogP contribution < -0.4 is 5.32 Å². The Morgan fingerprint density at radius 1 is 1.38 bits per heavy atom. The molecule has 1 aliphatic rings. The average Bonchev–Trinajstić information content (AvgIpc) is 3.04. The number of aryl methyl sites for hydroxylation is 1. The first-order valence-corrected chi connectivity index (χ1v) is 8.20. The molecule has 0 aliphatic carbocycles. The molecule has 4 nitrogen and oxygen atoms in total. The quantitative estimate of drug-likeness (QED) is 0.947. The predicted molar refractivity (Wildman–Crippen MR) is 85.7 cm³/mol. The molecule has 5 heteroatoms. The summed E-state index contributed by atoms with van der Waals surface area (Å²) in [4.78, 5) is 19.0. The molecule has 0 bridgehead atoms. The number of benzene rings is 1. The van der Waals surface area contributed by atoms with Gasteiger partial charge in [0.05, 0.1) is 10.7 Å². The van der Waals surface area contributed by atoms with Crippen molar-refractivity contribution in [3.05, 3.63) is 40.2 Å². The summed E-state index contributed by atoms with van der Waals surface area (Å²) in [7, 11) is 0. The van der Waals surface area contributed by atoms with Gasteiger partial charge in [0.2, 0.25) is 0 Å². The van der Waals surface area contributed by atoms with Crippen LogP contribution in [0, 0.1) is 0 Å². The minimum Gasteiger partial charge on any atom is -0.336 e. The number of amides is 1. The standard InChI is InChI=1S/C16H19N3OS/c1-2-15-18-14(11-21-15)12-4-3-5-13(10-12)16(20)19-8-6-17-7-9-19/h3-5,10-11,17H,2,6-9H2,1H3. The zero-order chi connectivity index (χ0) is 14.7. The van der Waals surface area contributed by atoms with Gasteiger partial charge in [0.1, 0.15) is 0 Å². The third kappa shape index (κ3) is 3.14. The number of rotatable bonds is 3. The Labute approximate surface area is 128 Å². The largest absolute Gasteiger partial charge is 0.336 e. The van der Waals surface area contributed by atoms with Crippen molar-refractivity contribution in [2.24, 2.45) is 0 Å². The Hall–Kier alpha value is -1.72. The van der Waals surface area contributed by atoms with Crippen LogP contribution in [0.25, 0.3) is 11.3 Å². The summed E-state index contributed by atoms with van der Waals surface area (Å²) in [5.74, 6) is 0.115. The van der Waals surface area contributed by atoms with Gasteiger partial charge in [-0.1, -0.05) is 19.1 Å². The maximum atomic E-state index is 12.5. The molecule has 0 atom stereocenters. The summed E-state index contributed by atoms with van der Waals surface area (Å²) in [6.07, 6.45) is 0.948. The molecule has 21 heavy (non-hydrogen) atoms.